The Labute approximate surface area is 129 Å². The van der Waals surface area contributed by atoms with Crippen LogP contribution < -0.4 is 5.32 Å². The molecule has 2 saturated heterocycles. The van der Waals surface area contributed by atoms with Crippen molar-refractivity contribution in [3.63, 3.8) is 0 Å². The zero-order chi connectivity index (χ0) is 15.7. The smallest absolute Gasteiger partial charge is 0.324 e. The molecule has 3 amide bonds. The van der Waals surface area contributed by atoms with Crippen molar-refractivity contribution < 1.29 is 9.59 Å². The number of urea groups is 1. The van der Waals surface area contributed by atoms with Gasteiger partial charge in [0.2, 0.25) is 0 Å². The molecule has 0 radical (unpaired) electrons. The number of carbonyl (C=O) groups excluding carboxylic acids is 2. The lowest BCUT2D eigenvalue weighted by Gasteiger charge is -2.34. The van der Waals surface area contributed by atoms with Crippen LogP contribution in [-0.2, 0) is 4.79 Å². The Balaban J connectivity index is 1.65. The lowest BCUT2D eigenvalue weighted by molar-refractivity contribution is -0.130. The summed E-state index contributed by atoms with van der Waals surface area (Å²) in [5, 5.41) is 9.56. The van der Waals surface area contributed by atoms with Crippen molar-refractivity contribution in [3.8, 4) is 0 Å². The number of likely N-dealkylation sites (tertiary alicyclic amines) is 1. The van der Waals surface area contributed by atoms with Crippen LogP contribution in [0.4, 0.5) is 4.79 Å². The second-order valence-corrected chi connectivity index (χ2v) is 6.43. The fraction of sp³-hybridized carbons (Fsp3) is 0.714. The third-order valence-electron chi connectivity index (χ3n) is 4.42. The Morgan fingerprint density at radius 2 is 2.14 bits per heavy atom. The highest BCUT2D eigenvalue weighted by molar-refractivity contribution is 6.06. The summed E-state index contributed by atoms with van der Waals surface area (Å²) in [6.45, 7) is 5.45. The molecule has 1 aromatic heterocycles. The van der Waals surface area contributed by atoms with E-state index in [2.05, 4.69) is 25.4 Å². The van der Waals surface area contributed by atoms with E-state index in [4.69, 9.17) is 0 Å². The Bertz CT molecular complexity index is 556. The maximum Gasteiger partial charge on any atom is 0.325 e. The first-order chi connectivity index (χ1) is 10.5. The second kappa shape index (κ2) is 5.68. The van der Waals surface area contributed by atoms with Gasteiger partial charge in [-0.3, -0.25) is 19.7 Å². The van der Waals surface area contributed by atoms with Gasteiger partial charge in [-0.2, -0.15) is 5.10 Å². The molecule has 2 aliphatic heterocycles. The summed E-state index contributed by atoms with van der Waals surface area (Å²) < 4.78 is 0. The van der Waals surface area contributed by atoms with Gasteiger partial charge in [0.1, 0.15) is 17.7 Å². The number of nitrogens with zero attached hydrogens (tertiary/aromatic N) is 4. The molecular weight excluding hydrogens is 284 g/mol. The first-order valence-electron chi connectivity index (χ1n) is 7.72. The van der Waals surface area contributed by atoms with E-state index in [1.807, 2.05) is 0 Å². The number of amides is 3. The SMILES string of the molecule is CC1(C)NC(=O)N(CCN2CCCC[C@H]2c2ncn[nH]2)C1=O. The number of hydrogen-bond acceptors (Lipinski definition) is 5. The zero-order valence-corrected chi connectivity index (χ0v) is 13.0. The Morgan fingerprint density at radius 3 is 2.77 bits per heavy atom. The van der Waals surface area contributed by atoms with Crippen molar-refractivity contribution in [1.82, 2.24) is 30.3 Å². The second-order valence-electron chi connectivity index (χ2n) is 6.43. The molecule has 0 aromatic carbocycles. The number of hydrogen-bond donors (Lipinski definition) is 2. The van der Waals surface area contributed by atoms with Crippen molar-refractivity contribution in [2.24, 2.45) is 0 Å². The third-order valence-corrected chi connectivity index (χ3v) is 4.42. The lowest BCUT2D eigenvalue weighted by atomic mass is 10.0. The van der Waals surface area contributed by atoms with Crippen LogP contribution in [0.5, 0.6) is 0 Å². The minimum absolute atomic E-state index is 0.161. The molecule has 2 N–H and O–H groups in total. The molecule has 0 spiro atoms. The van der Waals surface area contributed by atoms with Gasteiger partial charge in [-0.05, 0) is 33.2 Å². The summed E-state index contributed by atoms with van der Waals surface area (Å²) in [6.07, 6.45) is 4.80. The topological polar surface area (TPSA) is 94.2 Å². The number of nitrogens with one attached hydrogen (secondary N) is 2. The average molecular weight is 306 g/mol. The highest BCUT2D eigenvalue weighted by Crippen LogP contribution is 2.28. The highest BCUT2D eigenvalue weighted by Gasteiger charge is 2.44. The molecule has 0 aliphatic carbocycles. The quantitative estimate of drug-likeness (QED) is 0.797. The van der Waals surface area contributed by atoms with Crippen LogP contribution in [0, 0.1) is 0 Å². The molecule has 3 rings (SSSR count). The molecule has 0 bridgehead atoms. The molecule has 8 heteroatoms. The van der Waals surface area contributed by atoms with E-state index >= 15 is 0 Å². The number of rotatable bonds is 4. The van der Waals surface area contributed by atoms with Crippen LogP contribution in [0.1, 0.15) is 45.0 Å². The number of piperidine rings is 1. The van der Waals surface area contributed by atoms with Crippen molar-refractivity contribution in [3.05, 3.63) is 12.2 Å². The fourth-order valence-electron chi connectivity index (χ4n) is 3.19. The van der Waals surface area contributed by atoms with Gasteiger partial charge in [-0.25, -0.2) is 9.78 Å². The van der Waals surface area contributed by atoms with Crippen LogP contribution in [0.3, 0.4) is 0 Å². The summed E-state index contributed by atoms with van der Waals surface area (Å²) in [7, 11) is 0. The Hall–Kier alpha value is -1.96. The molecule has 8 nitrogen and oxygen atoms in total. The van der Waals surface area contributed by atoms with Crippen molar-refractivity contribution >= 4 is 11.9 Å². The van der Waals surface area contributed by atoms with Gasteiger partial charge >= 0.3 is 6.03 Å². The molecule has 120 valence electrons. The zero-order valence-electron chi connectivity index (χ0n) is 13.0. The average Bonchev–Trinajstić information content (AvgIpc) is 3.06. The van der Waals surface area contributed by atoms with Crippen molar-refractivity contribution in [2.75, 3.05) is 19.6 Å². The third kappa shape index (κ3) is 2.70. The van der Waals surface area contributed by atoms with Crippen LogP contribution in [-0.4, -0.2) is 62.1 Å². The highest BCUT2D eigenvalue weighted by atomic mass is 16.2. The maximum absolute atomic E-state index is 12.2. The summed E-state index contributed by atoms with van der Waals surface area (Å²) in [6, 6.07) is -0.117. The van der Waals surface area contributed by atoms with Gasteiger partial charge in [-0.1, -0.05) is 6.42 Å². The van der Waals surface area contributed by atoms with E-state index in [9.17, 15) is 9.59 Å². The minimum atomic E-state index is -0.802. The lowest BCUT2D eigenvalue weighted by Crippen LogP contribution is -2.43. The molecule has 1 aromatic rings. The Morgan fingerprint density at radius 1 is 1.32 bits per heavy atom. The minimum Gasteiger partial charge on any atom is -0.324 e. The normalized spacial score (nSPS) is 25.5. The predicted molar refractivity (Wildman–Crippen MR) is 78.9 cm³/mol. The van der Waals surface area contributed by atoms with Crippen LogP contribution in [0.15, 0.2) is 6.33 Å². The van der Waals surface area contributed by atoms with E-state index in [1.165, 1.54) is 11.2 Å². The molecular formula is C14H22N6O2. The molecule has 1 atom stereocenters. The molecule has 0 unspecified atom stereocenters. The molecule has 22 heavy (non-hydrogen) atoms. The standard InChI is InChI=1S/C14H22N6O2/c1-14(2)12(21)20(13(22)17-14)8-7-19-6-4-3-5-10(19)11-15-9-16-18-11/h9-10H,3-8H2,1-2H3,(H,17,22)(H,15,16,18)/t10-/m0/s1. The number of carbonyl (C=O) groups is 2. The number of aromatic nitrogens is 3. The van der Waals surface area contributed by atoms with Crippen molar-refractivity contribution in [2.45, 2.75) is 44.7 Å². The molecule has 2 aliphatic rings. The van der Waals surface area contributed by atoms with Gasteiger partial charge in [0.05, 0.1) is 6.04 Å². The summed E-state index contributed by atoms with van der Waals surface area (Å²) in [5.41, 5.74) is -0.802. The Kier molecular flexibility index (Phi) is 3.86. The van der Waals surface area contributed by atoms with E-state index in [-0.39, 0.29) is 18.0 Å². The molecule has 0 saturated carbocycles. The predicted octanol–water partition coefficient (Wildman–Crippen LogP) is 0.662. The summed E-state index contributed by atoms with van der Waals surface area (Å²) in [4.78, 5) is 32.0. The summed E-state index contributed by atoms with van der Waals surface area (Å²) >= 11 is 0. The van der Waals surface area contributed by atoms with Crippen LogP contribution in [0.2, 0.25) is 0 Å². The van der Waals surface area contributed by atoms with Gasteiger partial charge in [-0.15, -0.1) is 0 Å². The monoisotopic (exact) mass is 306 g/mol. The molecule has 2 fully saturated rings. The van der Waals surface area contributed by atoms with Crippen molar-refractivity contribution in [1.29, 1.82) is 0 Å². The maximum atomic E-state index is 12.2. The van der Waals surface area contributed by atoms with Gasteiger partial charge < -0.3 is 5.32 Å². The first-order valence-corrected chi connectivity index (χ1v) is 7.72. The van der Waals surface area contributed by atoms with E-state index in [1.54, 1.807) is 13.8 Å². The van der Waals surface area contributed by atoms with E-state index in [0.717, 1.165) is 31.6 Å². The van der Waals surface area contributed by atoms with Gasteiger partial charge in [0.25, 0.3) is 5.91 Å². The van der Waals surface area contributed by atoms with Crippen LogP contribution >= 0.6 is 0 Å². The summed E-state index contributed by atoms with van der Waals surface area (Å²) in [5.74, 6) is 0.697. The van der Waals surface area contributed by atoms with Gasteiger partial charge in [0.15, 0.2) is 0 Å². The first kappa shape index (κ1) is 15.0. The number of H-pyrrole nitrogens is 1. The molecule has 3 heterocycles. The largest absolute Gasteiger partial charge is 0.325 e. The van der Waals surface area contributed by atoms with E-state index in [0.29, 0.717) is 13.1 Å². The van der Waals surface area contributed by atoms with Gasteiger partial charge in [0, 0.05) is 13.1 Å². The number of aromatic amines is 1. The van der Waals surface area contributed by atoms with Crippen LogP contribution in [0.25, 0.3) is 0 Å². The fourth-order valence-corrected chi connectivity index (χ4v) is 3.19. The number of imide groups is 1. The van der Waals surface area contributed by atoms with E-state index < -0.39 is 5.54 Å².